The van der Waals surface area contributed by atoms with E-state index in [0.29, 0.717) is 0 Å². The van der Waals surface area contributed by atoms with Gasteiger partial charge in [0.15, 0.2) is 5.69 Å². The molecule has 3 nitrogen and oxygen atoms in total. The summed E-state index contributed by atoms with van der Waals surface area (Å²) in [6, 6.07) is 1.03. The third-order valence-electron chi connectivity index (χ3n) is 1.63. The van der Waals surface area contributed by atoms with E-state index in [1.165, 1.54) is 6.92 Å². The Morgan fingerprint density at radius 1 is 1.64 bits per heavy atom. The van der Waals surface area contributed by atoms with Crippen molar-refractivity contribution in [3.8, 4) is 5.75 Å². The molecule has 0 fully saturated rings. The first-order valence-electron chi connectivity index (χ1n) is 3.62. The summed E-state index contributed by atoms with van der Waals surface area (Å²) in [5, 5.41) is 8.09. The molecule has 1 N–H and O–H groups in total. The summed E-state index contributed by atoms with van der Waals surface area (Å²) in [6.07, 6.45) is -2.80. The smallest absolute Gasteiger partial charge is 0.280 e. The van der Waals surface area contributed by atoms with E-state index in [1.54, 1.807) is 0 Å². The molecule has 0 aromatic carbocycles. The highest BCUT2D eigenvalue weighted by Gasteiger charge is 2.18. The maximum absolute atomic E-state index is 12.3. The molecule has 0 unspecified atom stereocenters. The van der Waals surface area contributed by atoms with Crippen LogP contribution in [0.15, 0.2) is 6.07 Å². The van der Waals surface area contributed by atoms with Crippen molar-refractivity contribution in [1.29, 1.82) is 0 Å². The van der Waals surface area contributed by atoms with Gasteiger partial charge in [0, 0.05) is 0 Å². The fourth-order valence-electron chi connectivity index (χ4n) is 0.979. The maximum atomic E-state index is 12.3. The van der Waals surface area contributed by atoms with Crippen LogP contribution in [-0.4, -0.2) is 15.3 Å². The molecule has 0 radical (unpaired) electrons. The number of alkyl halides is 2. The summed E-state index contributed by atoms with van der Waals surface area (Å²) in [5.41, 5.74) is -0.987. The van der Waals surface area contributed by atoms with E-state index in [2.05, 4.69) is 4.98 Å². The van der Waals surface area contributed by atoms with Crippen LogP contribution in [-0.2, 0) is 0 Å². The highest BCUT2D eigenvalue weighted by molar-refractivity contribution is 6.67. The van der Waals surface area contributed by atoms with Gasteiger partial charge in [0.25, 0.3) is 11.7 Å². The highest BCUT2D eigenvalue weighted by atomic mass is 35.5. The number of pyridine rings is 1. The molecule has 1 aromatic rings. The van der Waals surface area contributed by atoms with Crippen molar-refractivity contribution in [3.63, 3.8) is 0 Å². The summed E-state index contributed by atoms with van der Waals surface area (Å²) >= 11 is 5.03. The summed E-state index contributed by atoms with van der Waals surface area (Å²) in [4.78, 5) is 13.9. The zero-order valence-corrected chi connectivity index (χ0v) is 7.85. The predicted octanol–water partition coefficient (Wildman–Crippen LogP) is 2.41. The van der Waals surface area contributed by atoms with Crippen LogP contribution < -0.4 is 0 Å². The van der Waals surface area contributed by atoms with Crippen molar-refractivity contribution < 1.29 is 18.7 Å². The molecule has 0 spiro atoms. The van der Waals surface area contributed by atoms with Gasteiger partial charge in [0.2, 0.25) is 0 Å². The van der Waals surface area contributed by atoms with Gasteiger partial charge in [-0.25, -0.2) is 13.8 Å². The molecule has 76 valence electrons. The fourth-order valence-corrected chi connectivity index (χ4v) is 1.12. The van der Waals surface area contributed by atoms with E-state index >= 15 is 0 Å². The van der Waals surface area contributed by atoms with E-state index in [4.69, 9.17) is 16.7 Å². The highest BCUT2D eigenvalue weighted by Crippen LogP contribution is 2.26. The lowest BCUT2D eigenvalue weighted by Crippen LogP contribution is -2.02. The van der Waals surface area contributed by atoms with Crippen molar-refractivity contribution in [1.82, 2.24) is 4.98 Å². The SMILES string of the molecule is Cc1cc(O)c(C(=O)Cl)nc1C(F)F. The number of halogens is 3. The lowest BCUT2D eigenvalue weighted by atomic mass is 10.2. The topological polar surface area (TPSA) is 50.2 Å². The predicted molar refractivity (Wildman–Crippen MR) is 45.8 cm³/mol. The Balaban J connectivity index is 3.34. The molecule has 0 amide bonds. The van der Waals surface area contributed by atoms with E-state index in [-0.39, 0.29) is 5.56 Å². The van der Waals surface area contributed by atoms with E-state index in [9.17, 15) is 13.6 Å². The molecule has 0 aliphatic rings. The number of aromatic nitrogens is 1. The summed E-state index contributed by atoms with van der Waals surface area (Å²) in [7, 11) is 0. The molecule has 0 aliphatic carbocycles. The summed E-state index contributed by atoms with van der Waals surface area (Å²) in [6.45, 7) is 1.36. The quantitative estimate of drug-likeness (QED) is 0.781. The number of carbonyl (C=O) groups is 1. The normalized spacial score (nSPS) is 10.6. The Labute approximate surface area is 83.3 Å². The second-order valence-corrected chi connectivity index (χ2v) is 2.98. The molecule has 0 saturated heterocycles. The molecule has 14 heavy (non-hydrogen) atoms. The van der Waals surface area contributed by atoms with Crippen LogP contribution in [0.5, 0.6) is 5.75 Å². The van der Waals surface area contributed by atoms with Gasteiger partial charge in [-0.2, -0.15) is 0 Å². The second kappa shape index (κ2) is 3.88. The van der Waals surface area contributed by atoms with Crippen molar-refractivity contribution in [2.45, 2.75) is 13.3 Å². The Kier molecular flexibility index (Phi) is 3.00. The van der Waals surface area contributed by atoms with Crippen LogP contribution in [0.3, 0.4) is 0 Å². The molecule has 0 saturated carbocycles. The molecular formula is C8H6ClF2NO2. The maximum Gasteiger partial charge on any atom is 0.280 e. The molecule has 1 rings (SSSR count). The van der Waals surface area contributed by atoms with Gasteiger partial charge in [-0.1, -0.05) is 0 Å². The monoisotopic (exact) mass is 221 g/mol. The zero-order chi connectivity index (χ0) is 10.9. The molecule has 0 atom stereocenters. The largest absolute Gasteiger partial charge is 0.505 e. The minimum Gasteiger partial charge on any atom is -0.505 e. The molecule has 0 aliphatic heterocycles. The second-order valence-electron chi connectivity index (χ2n) is 2.63. The number of hydrogen-bond donors (Lipinski definition) is 1. The molecular weight excluding hydrogens is 216 g/mol. The number of aromatic hydroxyl groups is 1. The van der Waals surface area contributed by atoms with Gasteiger partial charge in [-0.3, -0.25) is 4.79 Å². The number of rotatable bonds is 2. The van der Waals surface area contributed by atoms with Crippen molar-refractivity contribution >= 4 is 16.8 Å². The van der Waals surface area contributed by atoms with Gasteiger partial charge < -0.3 is 5.11 Å². The third-order valence-corrected chi connectivity index (χ3v) is 1.80. The lowest BCUT2D eigenvalue weighted by Gasteiger charge is -2.06. The summed E-state index contributed by atoms with van der Waals surface area (Å²) < 4.78 is 24.6. The van der Waals surface area contributed by atoms with Crippen LogP contribution in [0, 0.1) is 6.92 Å². The average molecular weight is 222 g/mol. The number of carbonyl (C=O) groups excluding carboxylic acids is 1. The van der Waals surface area contributed by atoms with E-state index in [1.807, 2.05) is 0 Å². The van der Waals surface area contributed by atoms with E-state index in [0.717, 1.165) is 6.07 Å². The lowest BCUT2D eigenvalue weighted by molar-refractivity contribution is 0.107. The molecule has 1 aromatic heterocycles. The van der Waals surface area contributed by atoms with Crippen molar-refractivity contribution in [2.24, 2.45) is 0 Å². The minimum absolute atomic E-state index is 0.110. The van der Waals surface area contributed by atoms with Crippen LogP contribution >= 0.6 is 11.6 Å². The first-order valence-corrected chi connectivity index (χ1v) is 3.99. The number of hydrogen-bond acceptors (Lipinski definition) is 3. The molecule has 1 heterocycles. The first-order chi connectivity index (χ1) is 6.43. The molecule has 0 bridgehead atoms. The Hall–Kier alpha value is -1.23. The van der Waals surface area contributed by atoms with Crippen LogP contribution in [0.25, 0.3) is 0 Å². The van der Waals surface area contributed by atoms with Gasteiger partial charge in [0.05, 0.1) is 0 Å². The summed E-state index contributed by atoms with van der Waals surface area (Å²) in [5.74, 6) is -0.494. The number of aryl methyl sites for hydroxylation is 1. The van der Waals surface area contributed by atoms with Crippen LogP contribution in [0.2, 0.25) is 0 Å². The number of nitrogens with zero attached hydrogens (tertiary/aromatic N) is 1. The van der Waals surface area contributed by atoms with E-state index < -0.39 is 28.8 Å². The standard InChI is InChI=1S/C8H6ClF2NO2/c1-3-2-4(13)6(7(9)14)12-5(3)8(10)11/h2,8,13H,1H3. The Morgan fingerprint density at radius 3 is 2.64 bits per heavy atom. The van der Waals surface area contributed by atoms with Gasteiger partial charge in [-0.15, -0.1) is 0 Å². The fraction of sp³-hybridized carbons (Fsp3) is 0.250. The van der Waals surface area contributed by atoms with Crippen molar-refractivity contribution in [3.05, 3.63) is 23.0 Å². The average Bonchev–Trinajstić information content (AvgIpc) is 2.02. The first kappa shape index (κ1) is 10.8. The zero-order valence-electron chi connectivity index (χ0n) is 7.09. The molecule has 6 heteroatoms. The van der Waals surface area contributed by atoms with Gasteiger partial charge in [-0.05, 0) is 30.2 Å². The van der Waals surface area contributed by atoms with Crippen molar-refractivity contribution in [2.75, 3.05) is 0 Å². The Bertz CT molecular complexity index is 382. The van der Waals surface area contributed by atoms with Gasteiger partial charge >= 0.3 is 0 Å². The van der Waals surface area contributed by atoms with Crippen LogP contribution in [0.4, 0.5) is 8.78 Å². The Morgan fingerprint density at radius 2 is 2.21 bits per heavy atom. The van der Waals surface area contributed by atoms with Gasteiger partial charge in [0.1, 0.15) is 11.4 Å². The minimum atomic E-state index is -2.80. The van der Waals surface area contributed by atoms with Crippen LogP contribution in [0.1, 0.15) is 28.2 Å². The third kappa shape index (κ3) is 1.98.